The van der Waals surface area contributed by atoms with Crippen LogP contribution in [0.5, 0.6) is 0 Å². The molecule has 4 rings (SSSR count). The summed E-state index contributed by atoms with van der Waals surface area (Å²) in [5.74, 6) is 0.266. The van der Waals surface area contributed by atoms with Crippen LogP contribution in [0.1, 0.15) is 37.7 Å². The molecule has 0 bridgehead atoms. The maximum Gasteiger partial charge on any atom is 0.226 e. The lowest BCUT2D eigenvalue weighted by Gasteiger charge is -2.33. The second-order valence-corrected chi connectivity index (χ2v) is 8.14. The van der Waals surface area contributed by atoms with Gasteiger partial charge in [-0.05, 0) is 61.8 Å². The highest BCUT2D eigenvalue weighted by Crippen LogP contribution is 2.33. The number of aromatic nitrogens is 1. The number of nitrogens with zero attached hydrogens (tertiary/aromatic N) is 2. The van der Waals surface area contributed by atoms with Gasteiger partial charge in [-0.15, -0.1) is 12.4 Å². The number of likely N-dealkylation sites (tertiary alicyclic amines) is 1. The highest BCUT2D eigenvalue weighted by Gasteiger charge is 2.37. The molecule has 1 amide bonds. The van der Waals surface area contributed by atoms with E-state index in [-0.39, 0.29) is 30.3 Å². The summed E-state index contributed by atoms with van der Waals surface area (Å²) >= 11 is 6.53. The van der Waals surface area contributed by atoms with Crippen molar-refractivity contribution in [2.75, 3.05) is 6.54 Å². The average Bonchev–Trinajstić information content (AvgIpc) is 3.05. The highest BCUT2D eigenvalue weighted by atomic mass is 35.5. The Morgan fingerprint density at radius 2 is 1.89 bits per heavy atom. The second-order valence-electron chi connectivity index (χ2n) is 7.73. The number of hydrogen-bond acceptors (Lipinski definition) is 3. The van der Waals surface area contributed by atoms with Crippen molar-refractivity contribution in [2.45, 2.75) is 50.7 Å². The lowest BCUT2D eigenvalue weighted by molar-refractivity contribution is -0.133. The van der Waals surface area contributed by atoms with Crippen molar-refractivity contribution < 1.29 is 9.90 Å². The van der Waals surface area contributed by atoms with Crippen molar-refractivity contribution in [3.8, 4) is 11.1 Å². The van der Waals surface area contributed by atoms with E-state index in [2.05, 4.69) is 16.0 Å². The lowest BCUT2D eigenvalue weighted by Crippen LogP contribution is -2.41. The maximum atomic E-state index is 12.9. The zero-order valence-electron chi connectivity index (χ0n) is 15.8. The van der Waals surface area contributed by atoms with Gasteiger partial charge in [0.1, 0.15) is 0 Å². The third-order valence-electron chi connectivity index (χ3n) is 5.97. The predicted molar refractivity (Wildman–Crippen MR) is 114 cm³/mol. The number of carbonyl (C=O) groups excluding carboxylic acids is 1. The molecule has 1 unspecified atom stereocenters. The zero-order chi connectivity index (χ0) is 18.8. The number of rotatable bonds is 4. The molecule has 1 aromatic heterocycles. The van der Waals surface area contributed by atoms with Crippen LogP contribution in [-0.4, -0.2) is 39.6 Å². The van der Waals surface area contributed by atoms with E-state index in [4.69, 9.17) is 11.6 Å². The normalized spacial score (nSPS) is 24.9. The molecule has 2 aromatic rings. The van der Waals surface area contributed by atoms with Crippen LogP contribution in [0.4, 0.5) is 0 Å². The summed E-state index contributed by atoms with van der Waals surface area (Å²) in [6.45, 7) is 0.829. The minimum atomic E-state index is -0.188. The average molecular weight is 421 g/mol. The Kier molecular flexibility index (Phi) is 6.97. The summed E-state index contributed by atoms with van der Waals surface area (Å²) in [6.07, 6.45) is 8.42. The molecule has 1 aliphatic carbocycles. The van der Waals surface area contributed by atoms with E-state index in [9.17, 15) is 9.90 Å². The van der Waals surface area contributed by atoms with Crippen LogP contribution in [0, 0.1) is 5.92 Å². The van der Waals surface area contributed by atoms with Crippen molar-refractivity contribution in [3.05, 3.63) is 53.3 Å². The summed E-state index contributed by atoms with van der Waals surface area (Å²) in [6, 6.07) is 10.3. The molecule has 0 spiro atoms. The molecule has 1 aliphatic heterocycles. The number of aliphatic hydroxyl groups excluding tert-OH is 1. The van der Waals surface area contributed by atoms with E-state index in [1.807, 2.05) is 30.5 Å². The fraction of sp³-hybridized carbons (Fsp3) is 0.455. The molecule has 1 atom stereocenters. The molecule has 1 saturated carbocycles. The van der Waals surface area contributed by atoms with Crippen molar-refractivity contribution in [1.82, 2.24) is 9.88 Å². The fourth-order valence-corrected chi connectivity index (χ4v) is 4.63. The Labute approximate surface area is 177 Å². The largest absolute Gasteiger partial charge is 0.393 e. The van der Waals surface area contributed by atoms with Gasteiger partial charge in [0, 0.05) is 41.5 Å². The Hall–Kier alpha value is -1.62. The first-order valence-corrected chi connectivity index (χ1v) is 10.2. The van der Waals surface area contributed by atoms with Gasteiger partial charge in [-0.25, -0.2) is 0 Å². The first-order valence-electron chi connectivity index (χ1n) is 9.79. The highest BCUT2D eigenvalue weighted by molar-refractivity contribution is 6.31. The van der Waals surface area contributed by atoms with Crippen LogP contribution in [0.2, 0.25) is 5.02 Å². The molecule has 1 saturated heterocycles. The van der Waals surface area contributed by atoms with E-state index in [0.29, 0.717) is 17.5 Å². The summed E-state index contributed by atoms with van der Waals surface area (Å²) in [7, 11) is 0. The zero-order valence-corrected chi connectivity index (χ0v) is 17.3. The number of carbonyl (C=O) groups is 1. The fourth-order valence-electron chi connectivity index (χ4n) is 4.38. The van der Waals surface area contributed by atoms with E-state index in [0.717, 1.165) is 55.3 Å². The standard InChI is InChI=1S/C22H25ClN2O2.ClH/c23-21-13-15(18-2-1-10-24-14-18)3-4-16(21)12-17-9-11-25(22(17)27)19-5-7-20(26)8-6-19;/h1-4,10,13-14,17,19-20,26H,5-9,11-12H2;1H. The van der Waals surface area contributed by atoms with Crippen LogP contribution in [0.3, 0.4) is 0 Å². The molecule has 2 fully saturated rings. The van der Waals surface area contributed by atoms with Crippen LogP contribution in [-0.2, 0) is 11.2 Å². The van der Waals surface area contributed by atoms with Gasteiger partial charge in [0.2, 0.25) is 5.91 Å². The number of halogens is 2. The number of hydrogen-bond donors (Lipinski definition) is 1. The van der Waals surface area contributed by atoms with Gasteiger partial charge in [-0.2, -0.15) is 0 Å². The van der Waals surface area contributed by atoms with Gasteiger partial charge in [0.25, 0.3) is 0 Å². The molecular formula is C22H26Cl2N2O2. The van der Waals surface area contributed by atoms with Gasteiger partial charge < -0.3 is 10.0 Å². The van der Waals surface area contributed by atoms with E-state index in [1.54, 1.807) is 6.20 Å². The lowest BCUT2D eigenvalue weighted by atomic mass is 9.92. The van der Waals surface area contributed by atoms with E-state index < -0.39 is 0 Å². The minimum Gasteiger partial charge on any atom is -0.393 e. The predicted octanol–water partition coefficient (Wildman–Crippen LogP) is 4.52. The Morgan fingerprint density at radius 1 is 1.11 bits per heavy atom. The van der Waals surface area contributed by atoms with Crippen molar-refractivity contribution in [2.24, 2.45) is 5.92 Å². The quantitative estimate of drug-likeness (QED) is 0.790. The topological polar surface area (TPSA) is 53.4 Å². The first-order chi connectivity index (χ1) is 13.1. The van der Waals surface area contributed by atoms with Crippen LogP contribution in [0.15, 0.2) is 42.7 Å². The Morgan fingerprint density at radius 3 is 2.57 bits per heavy atom. The number of benzene rings is 1. The number of amides is 1. The summed E-state index contributed by atoms with van der Waals surface area (Å²) in [5.41, 5.74) is 3.11. The molecule has 6 heteroatoms. The Balaban J connectivity index is 0.00000225. The molecule has 2 heterocycles. The molecule has 2 aliphatic rings. The SMILES string of the molecule is Cl.O=C1C(Cc2ccc(-c3cccnc3)cc2Cl)CCN1C1CCC(O)CC1. The third-order valence-corrected chi connectivity index (χ3v) is 6.32. The first kappa shape index (κ1) is 21.1. The van der Waals surface area contributed by atoms with Gasteiger partial charge in [0.05, 0.1) is 6.10 Å². The summed E-state index contributed by atoms with van der Waals surface area (Å²) < 4.78 is 0. The molecule has 0 radical (unpaired) electrons. The smallest absolute Gasteiger partial charge is 0.226 e. The van der Waals surface area contributed by atoms with Crippen molar-refractivity contribution in [1.29, 1.82) is 0 Å². The van der Waals surface area contributed by atoms with Crippen molar-refractivity contribution >= 4 is 29.9 Å². The molecule has 4 nitrogen and oxygen atoms in total. The molecule has 1 aromatic carbocycles. The minimum absolute atomic E-state index is 0. The number of aliphatic hydroxyl groups is 1. The van der Waals surface area contributed by atoms with E-state index >= 15 is 0 Å². The van der Waals surface area contributed by atoms with Gasteiger partial charge >= 0.3 is 0 Å². The van der Waals surface area contributed by atoms with Crippen LogP contribution in [0.25, 0.3) is 11.1 Å². The molecule has 1 N–H and O–H groups in total. The van der Waals surface area contributed by atoms with Gasteiger partial charge in [-0.3, -0.25) is 9.78 Å². The van der Waals surface area contributed by atoms with Gasteiger partial charge in [0.15, 0.2) is 0 Å². The summed E-state index contributed by atoms with van der Waals surface area (Å²) in [4.78, 5) is 19.1. The maximum absolute atomic E-state index is 12.9. The van der Waals surface area contributed by atoms with Gasteiger partial charge in [-0.1, -0.05) is 29.8 Å². The Bertz CT molecular complexity index is 807. The summed E-state index contributed by atoms with van der Waals surface area (Å²) in [5, 5.41) is 10.4. The molecular weight excluding hydrogens is 395 g/mol. The number of pyridine rings is 1. The monoisotopic (exact) mass is 420 g/mol. The van der Waals surface area contributed by atoms with Crippen LogP contribution < -0.4 is 0 Å². The van der Waals surface area contributed by atoms with Crippen LogP contribution >= 0.6 is 24.0 Å². The molecule has 150 valence electrons. The third kappa shape index (κ3) is 4.51. The van der Waals surface area contributed by atoms with E-state index in [1.165, 1.54) is 0 Å². The molecule has 28 heavy (non-hydrogen) atoms. The van der Waals surface area contributed by atoms with Crippen molar-refractivity contribution in [3.63, 3.8) is 0 Å². The second kappa shape index (κ2) is 9.25.